The second kappa shape index (κ2) is 19.9. The average molecular weight is 834 g/mol. The average Bonchev–Trinajstić information content (AvgIpc) is 3.59. The van der Waals surface area contributed by atoms with Crippen LogP contribution in [0.5, 0.6) is 5.75 Å². The molecular formula is C41H49Cl2F3N6O5. The van der Waals surface area contributed by atoms with Gasteiger partial charge in [-0.15, -0.1) is 0 Å². The normalized spacial score (nSPS) is 20.1. The second-order valence-corrected chi connectivity index (χ2v) is 14.9. The zero-order valence-electron chi connectivity index (χ0n) is 32.3. The first-order valence-electron chi connectivity index (χ1n) is 19.2. The van der Waals surface area contributed by atoms with Crippen molar-refractivity contribution >= 4 is 46.9 Å². The van der Waals surface area contributed by atoms with Crippen molar-refractivity contribution < 1.29 is 37.4 Å². The van der Waals surface area contributed by atoms with Crippen LogP contribution in [0.25, 0.3) is 0 Å². The second-order valence-electron chi connectivity index (χ2n) is 14.0. The Hall–Kier alpha value is -4.37. The van der Waals surface area contributed by atoms with E-state index < -0.39 is 41.7 Å². The number of carbonyl (C=O) groups excluding carboxylic acids is 2. The Morgan fingerprint density at radius 3 is 2.02 bits per heavy atom. The number of nitrogens with one attached hydrogen (secondary N) is 1. The molecule has 3 amide bonds. The molecule has 16 heteroatoms. The number of benzene rings is 3. The van der Waals surface area contributed by atoms with Gasteiger partial charge in [0.25, 0.3) is 0 Å². The zero-order chi connectivity index (χ0) is 41.3. The number of amidine groups is 1. The molecule has 0 radical (unpaired) electrons. The summed E-state index contributed by atoms with van der Waals surface area (Å²) in [5.41, 5.74) is 0.761. The zero-order valence-corrected chi connectivity index (χ0v) is 33.8. The molecule has 3 unspecified atom stereocenters. The molecule has 0 bridgehead atoms. The highest BCUT2D eigenvalue weighted by molar-refractivity contribution is 6.30. The van der Waals surface area contributed by atoms with Crippen LogP contribution < -0.4 is 10.1 Å². The van der Waals surface area contributed by atoms with E-state index in [-0.39, 0.29) is 55.8 Å². The molecule has 3 aliphatic rings. The van der Waals surface area contributed by atoms with E-state index in [1.165, 1.54) is 11.0 Å². The minimum atomic E-state index is -4.62. The quantitative estimate of drug-likeness (QED) is 0.216. The van der Waals surface area contributed by atoms with Gasteiger partial charge in [0.2, 0.25) is 5.91 Å². The fraction of sp³-hybridized carbons (Fsp3) is 0.463. The Balaban J connectivity index is 0.00000117. The van der Waals surface area contributed by atoms with Crippen molar-refractivity contribution in [2.75, 3.05) is 65.5 Å². The molecule has 0 spiro atoms. The van der Waals surface area contributed by atoms with Crippen LogP contribution in [-0.4, -0.2) is 114 Å². The third-order valence-corrected chi connectivity index (χ3v) is 10.7. The van der Waals surface area contributed by atoms with Crippen LogP contribution in [0.1, 0.15) is 68.0 Å². The number of halogens is 5. The standard InChI is InChI=1S/C37H38Cl2F3N5O5.C4H11N/c1-2-52-30-20-26(37(40,41)42)9-14-29(30)34-43-32(23-5-10-27(38)11-6-23)33(24-7-12-28(39)13-8-24)47(34)36(51)45-18-16-44(17-19-45)22-31(48)46-15-3-4-25(21-46)35(49)50;1-3-5-4-2/h5-14,20,25,32-33H,2-4,15-19,21-22H2,1H3,(H,49,50);5H,3-4H2,1-2H3. The molecule has 3 heterocycles. The first-order valence-corrected chi connectivity index (χ1v) is 20.0. The van der Waals surface area contributed by atoms with Gasteiger partial charge in [-0.3, -0.25) is 24.4 Å². The number of amides is 3. The molecule has 0 aliphatic carbocycles. The third-order valence-electron chi connectivity index (χ3n) is 10.2. The Kier molecular flexibility index (Phi) is 15.2. The maximum absolute atomic E-state index is 14.8. The van der Waals surface area contributed by atoms with E-state index in [1.54, 1.807) is 65.3 Å². The number of rotatable bonds is 10. The van der Waals surface area contributed by atoms with Gasteiger partial charge in [0.1, 0.15) is 17.6 Å². The van der Waals surface area contributed by atoms with Crippen LogP contribution in [0.4, 0.5) is 18.0 Å². The van der Waals surface area contributed by atoms with Crippen molar-refractivity contribution in [3.63, 3.8) is 0 Å². The molecule has 3 aromatic rings. The van der Waals surface area contributed by atoms with E-state index in [9.17, 15) is 32.7 Å². The van der Waals surface area contributed by atoms with E-state index in [0.717, 1.165) is 30.8 Å². The lowest BCUT2D eigenvalue weighted by Crippen LogP contribution is -2.56. The van der Waals surface area contributed by atoms with Gasteiger partial charge in [-0.05, 0) is 86.4 Å². The molecule has 0 saturated carbocycles. The van der Waals surface area contributed by atoms with Crippen LogP contribution in [-0.2, 0) is 15.8 Å². The summed E-state index contributed by atoms with van der Waals surface area (Å²) in [5.74, 6) is -1.56. The molecule has 57 heavy (non-hydrogen) atoms. The number of carbonyl (C=O) groups is 3. The van der Waals surface area contributed by atoms with Gasteiger partial charge in [0, 0.05) is 49.3 Å². The number of carboxylic acid groups (broad SMARTS) is 1. The lowest BCUT2D eigenvalue weighted by Gasteiger charge is -2.39. The Morgan fingerprint density at radius 1 is 0.860 bits per heavy atom. The molecule has 11 nitrogen and oxygen atoms in total. The van der Waals surface area contributed by atoms with Gasteiger partial charge in [-0.25, -0.2) is 4.79 Å². The molecule has 2 N–H and O–H groups in total. The molecule has 6 rings (SSSR count). The van der Waals surface area contributed by atoms with Gasteiger partial charge < -0.3 is 25.0 Å². The van der Waals surface area contributed by atoms with Crippen molar-refractivity contribution in [1.82, 2.24) is 24.9 Å². The number of nitrogens with zero attached hydrogens (tertiary/aromatic N) is 5. The van der Waals surface area contributed by atoms with Gasteiger partial charge >= 0.3 is 18.2 Å². The van der Waals surface area contributed by atoms with E-state index in [4.69, 9.17) is 32.9 Å². The summed E-state index contributed by atoms with van der Waals surface area (Å²) in [6.07, 6.45) is -3.46. The van der Waals surface area contributed by atoms with Crippen LogP contribution in [0.3, 0.4) is 0 Å². The first-order chi connectivity index (χ1) is 27.2. The number of hydrogen-bond donors (Lipinski definition) is 2. The molecular weight excluding hydrogens is 784 g/mol. The van der Waals surface area contributed by atoms with Crippen LogP contribution in [0, 0.1) is 5.92 Å². The third kappa shape index (κ3) is 11.0. The highest BCUT2D eigenvalue weighted by Crippen LogP contribution is 2.46. The van der Waals surface area contributed by atoms with Crippen molar-refractivity contribution in [1.29, 1.82) is 0 Å². The lowest BCUT2D eigenvalue weighted by molar-refractivity contribution is -0.146. The van der Waals surface area contributed by atoms with Gasteiger partial charge in [-0.2, -0.15) is 13.2 Å². The molecule has 0 aromatic heterocycles. The molecule has 3 aromatic carbocycles. The van der Waals surface area contributed by atoms with E-state index in [1.807, 2.05) is 4.90 Å². The Morgan fingerprint density at radius 2 is 1.47 bits per heavy atom. The number of ether oxygens (including phenoxy) is 1. The Labute approximate surface area is 341 Å². The van der Waals surface area contributed by atoms with Crippen molar-refractivity contribution in [3.8, 4) is 5.75 Å². The number of hydrogen-bond acceptors (Lipinski definition) is 7. The maximum atomic E-state index is 14.8. The van der Waals surface area contributed by atoms with Crippen molar-refractivity contribution in [2.45, 2.75) is 51.9 Å². The predicted molar refractivity (Wildman–Crippen MR) is 214 cm³/mol. The highest BCUT2D eigenvalue weighted by Gasteiger charge is 2.45. The monoisotopic (exact) mass is 832 g/mol. The minimum absolute atomic E-state index is 0.0633. The van der Waals surface area contributed by atoms with Gasteiger partial charge in [0.05, 0.1) is 36.2 Å². The van der Waals surface area contributed by atoms with Gasteiger partial charge in [-0.1, -0.05) is 61.3 Å². The Bertz CT molecular complexity index is 1870. The number of piperidine rings is 1. The topological polar surface area (TPSA) is 118 Å². The summed E-state index contributed by atoms with van der Waals surface area (Å²) in [6.45, 7) is 10.2. The van der Waals surface area contributed by atoms with E-state index in [0.29, 0.717) is 48.1 Å². The molecule has 3 aliphatic heterocycles. The summed E-state index contributed by atoms with van der Waals surface area (Å²) in [6, 6.07) is 15.4. The smallest absolute Gasteiger partial charge is 0.416 e. The number of carboxylic acids is 1. The molecule has 3 atom stereocenters. The summed E-state index contributed by atoms with van der Waals surface area (Å²) in [5, 5.41) is 13.5. The highest BCUT2D eigenvalue weighted by atomic mass is 35.5. The molecule has 2 saturated heterocycles. The SMILES string of the molecule is CCNCC.CCOc1cc(C(F)(F)F)ccc1C1=NC(c2ccc(Cl)cc2)C(c2ccc(Cl)cc2)N1C(=O)N1CCN(CC(=O)N2CCCC(C(=O)O)C2)CC1. The summed E-state index contributed by atoms with van der Waals surface area (Å²) in [4.78, 5) is 51.2. The van der Waals surface area contributed by atoms with Crippen LogP contribution >= 0.6 is 23.2 Å². The summed E-state index contributed by atoms with van der Waals surface area (Å²) < 4.78 is 47.2. The van der Waals surface area contributed by atoms with Crippen LogP contribution in [0.2, 0.25) is 10.0 Å². The number of piperazine rings is 1. The fourth-order valence-corrected chi connectivity index (χ4v) is 7.46. The summed E-state index contributed by atoms with van der Waals surface area (Å²) >= 11 is 12.5. The number of aliphatic imine (C=N–C) groups is 1. The first kappa shape index (κ1) is 43.7. The maximum Gasteiger partial charge on any atom is 0.416 e. The van der Waals surface area contributed by atoms with Gasteiger partial charge in [0.15, 0.2) is 0 Å². The predicted octanol–water partition coefficient (Wildman–Crippen LogP) is 7.63. The lowest BCUT2D eigenvalue weighted by atomic mass is 9.93. The molecule has 308 valence electrons. The molecule has 2 fully saturated rings. The van der Waals surface area contributed by atoms with Crippen LogP contribution in [0.15, 0.2) is 71.7 Å². The van der Waals surface area contributed by atoms with Crippen molar-refractivity contribution in [3.05, 3.63) is 99.0 Å². The number of urea groups is 1. The number of alkyl halides is 3. The van der Waals surface area contributed by atoms with Crippen molar-refractivity contribution in [2.24, 2.45) is 10.9 Å². The fourth-order valence-electron chi connectivity index (χ4n) is 7.21. The largest absolute Gasteiger partial charge is 0.493 e. The minimum Gasteiger partial charge on any atom is -0.493 e. The van der Waals surface area contributed by atoms with E-state index >= 15 is 0 Å². The number of likely N-dealkylation sites (tertiary alicyclic amines) is 1. The number of aliphatic carboxylic acids is 1. The summed E-state index contributed by atoms with van der Waals surface area (Å²) in [7, 11) is 0. The van der Waals surface area contributed by atoms with E-state index in [2.05, 4.69) is 19.2 Å².